The summed E-state index contributed by atoms with van der Waals surface area (Å²) in [6.07, 6.45) is 4.38. The first-order valence-electron chi connectivity index (χ1n) is 11.2. The minimum absolute atomic E-state index is 0.0615. The fraction of sp³-hybridized carbons (Fsp3) is 0.207. The lowest BCUT2D eigenvalue weighted by Gasteiger charge is -2.15. The second-order valence-corrected chi connectivity index (χ2v) is 8.37. The van der Waals surface area contributed by atoms with Crippen LogP contribution < -0.4 is 5.32 Å². The van der Waals surface area contributed by atoms with Gasteiger partial charge in [0.2, 0.25) is 0 Å². The van der Waals surface area contributed by atoms with E-state index >= 15 is 0 Å². The van der Waals surface area contributed by atoms with Gasteiger partial charge in [0.15, 0.2) is 0 Å². The number of amides is 1. The van der Waals surface area contributed by atoms with Crippen LogP contribution in [-0.2, 0) is 11.3 Å². The minimum atomic E-state index is 0.0615. The predicted molar refractivity (Wildman–Crippen MR) is 133 cm³/mol. The molecule has 2 unspecified atom stereocenters. The molecule has 0 radical (unpaired) electrons. The highest BCUT2D eigenvalue weighted by Gasteiger charge is 2.35. The fourth-order valence-corrected chi connectivity index (χ4v) is 4.27. The van der Waals surface area contributed by atoms with E-state index in [0.717, 1.165) is 28.0 Å². The molecular formula is C29H30N2O. The van der Waals surface area contributed by atoms with Crippen molar-refractivity contribution in [3.05, 3.63) is 120 Å². The first-order valence-corrected chi connectivity index (χ1v) is 11.2. The van der Waals surface area contributed by atoms with Crippen molar-refractivity contribution in [2.45, 2.75) is 26.4 Å². The van der Waals surface area contributed by atoms with E-state index in [-0.39, 0.29) is 17.9 Å². The lowest BCUT2D eigenvalue weighted by molar-refractivity contribution is -0.125. The molecule has 1 N–H and O–H groups in total. The smallest absolute Gasteiger partial charge is 0.251 e. The van der Waals surface area contributed by atoms with Gasteiger partial charge >= 0.3 is 0 Å². The lowest BCUT2D eigenvalue weighted by atomic mass is 9.93. The van der Waals surface area contributed by atoms with Gasteiger partial charge in [-0.15, -0.1) is 0 Å². The van der Waals surface area contributed by atoms with Gasteiger partial charge in [0, 0.05) is 36.3 Å². The van der Waals surface area contributed by atoms with E-state index in [1.54, 1.807) is 0 Å². The molecule has 0 bridgehead atoms. The van der Waals surface area contributed by atoms with Crippen LogP contribution in [-0.4, -0.2) is 23.4 Å². The number of anilines is 1. The molecule has 1 heterocycles. The number of nitrogens with zero attached hydrogens (tertiary/aromatic N) is 1. The summed E-state index contributed by atoms with van der Waals surface area (Å²) in [5.74, 6) is 0.194. The van der Waals surface area contributed by atoms with Crippen LogP contribution in [0.1, 0.15) is 25.0 Å². The van der Waals surface area contributed by atoms with Gasteiger partial charge in [0.25, 0.3) is 5.91 Å². The molecule has 1 aliphatic rings. The molecule has 0 aromatic heterocycles. The quantitative estimate of drug-likeness (QED) is 0.364. The summed E-state index contributed by atoms with van der Waals surface area (Å²) in [6, 6.07) is 30.8. The van der Waals surface area contributed by atoms with E-state index in [1.807, 2.05) is 59.5 Å². The molecule has 3 heteroatoms. The van der Waals surface area contributed by atoms with Crippen molar-refractivity contribution in [3.8, 4) is 0 Å². The van der Waals surface area contributed by atoms with Gasteiger partial charge in [0.1, 0.15) is 0 Å². The van der Waals surface area contributed by atoms with Crippen LogP contribution in [0.15, 0.2) is 109 Å². The third-order valence-corrected chi connectivity index (χ3v) is 5.93. The van der Waals surface area contributed by atoms with Crippen LogP contribution in [0.25, 0.3) is 5.57 Å². The molecule has 3 nitrogen and oxygen atoms in total. The monoisotopic (exact) mass is 422 g/mol. The predicted octanol–water partition coefficient (Wildman–Crippen LogP) is 6.18. The Morgan fingerprint density at radius 3 is 2.22 bits per heavy atom. The van der Waals surface area contributed by atoms with Crippen molar-refractivity contribution in [1.82, 2.24) is 4.90 Å². The highest BCUT2D eigenvalue weighted by Crippen LogP contribution is 2.33. The van der Waals surface area contributed by atoms with Gasteiger partial charge in [-0.2, -0.15) is 0 Å². The Morgan fingerprint density at radius 1 is 0.969 bits per heavy atom. The molecule has 0 spiro atoms. The Labute approximate surface area is 191 Å². The fourth-order valence-electron chi connectivity index (χ4n) is 4.27. The summed E-state index contributed by atoms with van der Waals surface area (Å²) in [4.78, 5) is 15.5. The summed E-state index contributed by atoms with van der Waals surface area (Å²) in [7, 11) is 0. The number of rotatable bonds is 7. The zero-order valence-electron chi connectivity index (χ0n) is 18.7. The van der Waals surface area contributed by atoms with E-state index in [0.29, 0.717) is 13.1 Å². The molecule has 1 aliphatic heterocycles. The van der Waals surface area contributed by atoms with Crippen molar-refractivity contribution in [2.24, 2.45) is 5.92 Å². The molecule has 2 atom stereocenters. The van der Waals surface area contributed by atoms with E-state index in [2.05, 4.69) is 67.7 Å². The Bertz CT molecular complexity index is 1090. The number of likely N-dealkylation sites (tertiary alicyclic amines) is 1. The van der Waals surface area contributed by atoms with Gasteiger partial charge in [-0.1, -0.05) is 91.0 Å². The van der Waals surface area contributed by atoms with Crippen molar-refractivity contribution >= 4 is 17.2 Å². The molecule has 0 saturated carbocycles. The second kappa shape index (κ2) is 10.1. The van der Waals surface area contributed by atoms with Crippen molar-refractivity contribution in [1.29, 1.82) is 0 Å². The molecule has 0 aliphatic carbocycles. The zero-order chi connectivity index (χ0) is 22.3. The maximum absolute atomic E-state index is 13.5. The maximum atomic E-state index is 13.5. The second-order valence-electron chi connectivity index (χ2n) is 8.37. The zero-order valence-corrected chi connectivity index (χ0v) is 18.7. The van der Waals surface area contributed by atoms with Gasteiger partial charge in [-0.25, -0.2) is 0 Å². The Morgan fingerprint density at radius 2 is 1.56 bits per heavy atom. The summed E-state index contributed by atoms with van der Waals surface area (Å²) >= 11 is 0. The SMILES string of the molecule is C/C(=C1/C(=O)N(Cc2ccccc2)CC1/C=C/C(C)Nc1ccccc1)c1ccccc1. The molecule has 1 amide bonds. The number of nitrogens with one attached hydrogen (secondary N) is 1. The first kappa shape index (κ1) is 21.6. The molecule has 3 aromatic rings. The number of benzene rings is 3. The number of carbonyl (C=O) groups is 1. The summed E-state index contributed by atoms with van der Waals surface area (Å²) in [5.41, 5.74) is 5.31. The largest absolute Gasteiger partial charge is 0.379 e. The van der Waals surface area contributed by atoms with Crippen LogP contribution in [0.2, 0.25) is 0 Å². The molecule has 1 fully saturated rings. The number of hydrogen-bond donors (Lipinski definition) is 1. The van der Waals surface area contributed by atoms with Crippen LogP contribution in [0, 0.1) is 5.92 Å². The van der Waals surface area contributed by atoms with Gasteiger partial charge in [-0.05, 0) is 42.7 Å². The van der Waals surface area contributed by atoms with Crippen LogP contribution in [0.3, 0.4) is 0 Å². The Kier molecular flexibility index (Phi) is 6.86. The van der Waals surface area contributed by atoms with Gasteiger partial charge < -0.3 is 10.2 Å². The average molecular weight is 423 g/mol. The molecule has 3 aromatic carbocycles. The topological polar surface area (TPSA) is 32.3 Å². The van der Waals surface area contributed by atoms with E-state index in [4.69, 9.17) is 0 Å². The standard InChI is InChI=1S/C29H30N2O/c1-22(30-27-16-10-5-11-17-27)18-19-26-21-31(20-24-12-6-3-7-13-24)29(32)28(26)23(2)25-14-8-4-9-15-25/h3-19,22,26,30H,20-21H2,1-2H3/b19-18+,28-23-. The highest BCUT2D eigenvalue weighted by atomic mass is 16.2. The third kappa shape index (κ3) is 5.17. The molecule has 4 rings (SSSR count). The molecule has 32 heavy (non-hydrogen) atoms. The van der Waals surface area contributed by atoms with Gasteiger partial charge in [0.05, 0.1) is 0 Å². The Hall–Kier alpha value is -3.59. The number of hydrogen-bond acceptors (Lipinski definition) is 2. The summed E-state index contributed by atoms with van der Waals surface area (Å²) in [5, 5.41) is 3.50. The minimum Gasteiger partial charge on any atom is -0.379 e. The van der Waals surface area contributed by atoms with Crippen LogP contribution in [0.4, 0.5) is 5.69 Å². The van der Waals surface area contributed by atoms with Crippen LogP contribution in [0.5, 0.6) is 0 Å². The summed E-state index contributed by atoms with van der Waals surface area (Å²) in [6.45, 7) is 5.53. The number of para-hydroxylation sites is 1. The van der Waals surface area contributed by atoms with Gasteiger partial charge in [-0.3, -0.25) is 4.79 Å². The third-order valence-electron chi connectivity index (χ3n) is 5.93. The van der Waals surface area contributed by atoms with Crippen molar-refractivity contribution in [3.63, 3.8) is 0 Å². The average Bonchev–Trinajstić information content (AvgIpc) is 3.14. The molecule has 1 saturated heterocycles. The maximum Gasteiger partial charge on any atom is 0.251 e. The van der Waals surface area contributed by atoms with Crippen molar-refractivity contribution in [2.75, 3.05) is 11.9 Å². The molecular weight excluding hydrogens is 392 g/mol. The van der Waals surface area contributed by atoms with Crippen molar-refractivity contribution < 1.29 is 4.79 Å². The lowest BCUT2D eigenvalue weighted by Crippen LogP contribution is -2.25. The Balaban J connectivity index is 1.59. The summed E-state index contributed by atoms with van der Waals surface area (Å²) < 4.78 is 0. The van der Waals surface area contributed by atoms with E-state index in [9.17, 15) is 4.79 Å². The first-order chi connectivity index (χ1) is 15.6. The number of carbonyl (C=O) groups excluding carboxylic acids is 1. The highest BCUT2D eigenvalue weighted by molar-refractivity contribution is 6.03. The van der Waals surface area contributed by atoms with E-state index < -0.39 is 0 Å². The van der Waals surface area contributed by atoms with E-state index in [1.165, 1.54) is 0 Å². The number of allylic oxidation sites excluding steroid dienone is 1. The van der Waals surface area contributed by atoms with Crippen LogP contribution >= 0.6 is 0 Å². The molecule has 162 valence electrons. The normalized spacial score (nSPS) is 18.8.